The van der Waals surface area contributed by atoms with Gasteiger partial charge in [-0.15, -0.1) is 0 Å². The third-order valence-electron chi connectivity index (χ3n) is 4.42. The molecule has 0 atom stereocenters. The fourth-order valence-electron chi connectivity index (χ4n) is 2.81. The van der Waals surface area contributed by atoms with Crippen molar-refractivity contribution in [2.45, 2.75) is 0 Å². The molecule has 1 heterocycles. The molecule has 4 aromatic rings. The van der Waals surface area contributed by atoms with Gasteiger partial charge in [0, 0.05) is 33.6 Å². The molecule has 7 heteroatoms. The largest absolute Gasteiger partial charge is 0.497 e. The second kappa shape index (κ2) is 9.40. The van der Waals surface area contributed by atoms with E-state index in [2.05, 4.69) is 31.2 Å². The summed E-state index contributed by atoms with van der Waals surface area (Å²) < 4.78 is 11.9. The standard InChI is InChI=1S/C24H18BrN3O3/c1-30-20-10-12-21(13-11-20)31-22-14-15-26-23(28-22)16-2-4-17(5-3-16)24(29)27-19-8-6-18(25)7-9-19/h2-15H,1H3,(H,27,29). The molecule has 1 N–H and O–H groups in total. The number of halogens is 1. The molecule has 1 amide bonds. The molecule has 4 rings (SSSR count). The van der Waals surface area contributed by atoms with Gasteiger partial charge in [-0.25, -0.2) is 4.98 Å². The van der Waals surface area contributed by atoms with Crippen molar-refractivity contribution in [1.29, 1.82) is 0 Å². The molecule has 6 nitrogen and oxygen atoms in total. The highest BCUT2D eigenvalue weighted by Gasteiger charge is 2.09. The lowest BCUT2D eigenvalue weighted by molar-refractivity contribution is 0.102. The molecule has 154 valence electrons. The normalized spacial score (nSPS) is 10.4. The summed E-state index contributed by atoms with van der Waals surface area (Å²) in [7, 11) is 1.61. The molecule has 31 heavy (non-hydrogen) atoms. The van der Waals surface area contributed by atoms with Gasteiger partial charge >= 0.3 is 0 Å². The van der Waals surface area contributed by atoms with Crippen LogP contribution in [0.1, 0.15) is 10.4 Å². The number of hydrogen-bond donors (Lipinski definition) is 1. The molecule has 0 unspecified atom stereocenters. The lowest BCUT2D eigenvalue weighted by Gasteiger charge is -2.08. The Morgan fingerprint density at radius 3 is 2.23 bits per heavy atom. The molecule has 0 saturated heterocycles. The monoisotopic (exact) mass is 475 g/mol. The van der Waals surface area contributed by atoms with Crippen molar-refractivity contribution in [3.8, 4) is 28.8 Å². The van der Waals surface area contributed by atoms with E-state index in [0.29, 0.717) is 23.0 Å². The van der Waals surface area contributed by atoms with E-state index in [1.807, 2.05) is 48.5 Å². The van der Waals surface area contributed by atoms with Crippen LogP contribution >= 0.6 is 15.9 Å². The predicted molar refractivity (Wildman–Crippen MR) is 123 cm³/mol. The topological polar surface area (TPSA) is 73.3 Å². The summed E-state index contributed by atoms with van der Waals surface area (Å²) in [6, 6.07) is 23.4. The Balaban J connectivity index is 1.46. The number of amides is 1. The van der Waals surface area contributed by atoms with Crippen molar-refractivity contribution in [2.24, 2.45) is 0 Å². The van der Waals surface area contributed by atoms with Gasteiger partial charge < -0.3 is 14.8 Å². The number of hydrogen-bond acceptors (Lipinski definition) is 5. The van der Waals surface area contributed by atoms with E-state index in [4.69, 9.17) is 9.47 Å². The molecule has 0 aliphatic rings. The zero-order chi connectivity index (χ0) is 21.6. The van der Waals surface area contributed by atoms with E-state index in [1.165, 1.54) is 0 Å². The summed E-state index contributed by atoms with van der Waals surface area (Å²) in [4.78, 5) is 21.2. The Morgan fingerprint density at radius 2 is 1.55 bits per heavy atom. The molecular formula is C24H18BrN3O3. The number of carbonyl (C=O) groups is 1. The van der Waals surface area contributed by atoms with Crippen LogP contribution in [0.15, 0.2) is 89.5 Å². The maximum atomic E-state index is 12.5. The van der Waals surface area contributed by atoms with Gasteiger partial charge in [0.25, 0.3) is 5.91 Å². The van der Waals surface area contributed by atoms with Crippen molar-refractivity contribution in [3.05, 3.63) is 95.1 Å². The zero-order valence-corrected chi connectivity index (χ0v) is 18.2. The van der Waals surface area contributed by atoms with Gasteiger partial charge in [-0.2, -0.15) is 4.98 Å². The minimum atomic E-state index is -0.189. The molecule has 0 radical (unpaired) electrons. The first-order valence-electron chi connectivity index (χ1n) is 9.43. The van der Waals surface area contributed by atoms with Crippen LogP contribution in [0.4, 0.5) is 5.69 Å². The molecule has 3 aromatic carbocycles. The van der Waals surface area contributed by atoms with Crippen molar-refractivity contribution >= 4 is 27.5 Å². The SMILES string of the molecule is COc1ccc(Oc2ccnc(-c3ccc(C(=O)Nc4ccc(Br)cc4)cc3)n2)cc1. The Bertz CT molecular complexity index is 1180. The summed E-state index contributed by atoms with van der Waals surface area (Å²) >= 11 is 3.38. The Labute approximate surface area is 188 Å². The first-order valence-corrected chi connectivity index (χ1v) is 10.2. The lowest BCUT2D eigenvalue weighted by atomic mass is 10.1. The highest BCUT2D eigenvalue weighted by Crippen LogP contribution is 2.24. The highest BCUT2D eigenvalue weighted by molar-refractivity contribution is 9.10. The van der Waals surface area contributed by atoms with Crippen LogP contribution < -0.4 is 14.8 Å². The summed E-state index contributed by atoms with van der Waals surface area (Å²) in [6.45, 7) is 0. The van der Waals surface area contributed by atoms with Crippen molar-refractivity contribution < 1.29 is 14.3 Å². The van der Waals surface area contributed by atoms with Gasteiger partial charge in [0.2, 0.25) is 5.88 Å². The van der Waals surface area contributed by atoms with Gasteiger partial charge in [0.05, 0.1) is 7.11 Å². The molecule has 0 aliphatic carbocycles. The number of carbonyl (C=O) groups excluding carboxylic acids is 1. The van der Waals surface area contributed by atoms with E-state index in [0.717, 1.165) is 21.5 Å². The predicted octanol–water partition coefficient (Wildman–Crippen LogP) is 5.96. The summed E-state index contributed by atoms with van der Waals surface area (Å²) in [6.07, 6.45) is 1.63. The average molecular weight is 476 g/mol. The summed E-state index contributed by atoms with van der Waals surface area (Å²) in [5.41, 5.74) is 2.04. The van der Waals surface area contributed by atoms with Gasteiger partial charge in [-0.3, -0.25) is 4.79 Å². The smallest absolute Gasteiger partial charge is 0.255 e. The minimum absolute atomic E-state index is 0.189. The minimum Gasteiger partial charge on any atom is -0.497 e. The Hall–Kier alpha value is -3.71. The van der Waals surface area contributed by atoms with E-state index in [-0.39, 0.29) is 5.91 Å². The van der Waals surface area contributed by atoms with Gasteiger partial charge in [0.1, 0.15) is 11.5 Å². The Morgan fingerprint density at radius 1 is 0.871 bits per heavy atom. The number of anilines is 1. The number of nitrogens with zero attached hydrogens (tertiary/aromatic N) is 2. The summed E-state index contributed by atoms with van der Waals surface area (Å²) in [5.74, 6) is 2.13. The number of nitrogens with one attached hydrogen (secondary N) is 1. The summed E-state index contributed by atoms with van der Waals surface area (Å²) in [5, 5.41) is 2.87. The van der Waals surface area contributed by atoms with Crippen molar-refractivity contribution in [2.75, 3.05) is 12.4 Å². The highest BCUT2D eigenvalue weighted by atomic mass is 79.9. The van der Waals surface area contributed by atoms with Crippen LogP contribution in [0.5, 0.6) is 17.4 Å². The van der Waals surface area contributed by atoms with Crippen LogP contribution in [-0.4, -0.2) is 23.0 Å². The number of aromatic nitrogens is 2. The third-order valence-corrected chi connectivity index (χ3v) is 4.95. The Kier molecular flexibility index (Phi) is 6.24. The van der Waals surface area contributed by atoms with Crippen molar-refractivity contribution in [3.63, 3.8) is 0 Å². The average Bonchev–Trinajstić information content (AvgIpc) is 2.81. The van der Waals surface area contributed by atoms with Crippen molar-refractivity contribution in [1.82, 2.24) is 9.97 Å². The van der Waals surface area contributed by atoms with Gasteiger partial charge in [-0.1, -0.05) is 28.1 Å². The van der Waals surface area contributed by atoms with E-state index in [1.54, 1.807) is 43.6 Å². The van der Waals surface area contributed by atoms with Crippen LogP contribution in [0.3, 0.4) is 0 Å². The number of rotatable bonds is 6. The first kappa shape index (κ1) is 20.6. The van der Waals surface area contributed by atoms with E-state index < -0.39 is 0 Å². The zero-order valence-electron chi connectivity index (χ0n) is 16.6. The van der Waals surface area contributed by atoms with E-state index >= 15 is 0 Å². The second-order valence-electron chi connectivity index (χ2n) is 6.53. The molecule has 1 aromatic heterocycles. The van der Waals surface area contributed by atoms with E-state index in [9.17, 15) is 4.79 Å². The van der Waals surface area contributed by atoms with Gasteiger partial charge in [0.15, 0.2) is 5.82 Å². The van der Waals surface area contributed by atoms with Gasteiger partial charge in [-0.05, 0) is 60.7 Å². The number of ether oxygens (including phenoxy) is 2. The molecule has 0 spiro atoms. The van der Waals surface area contributed by atoms with Crippen LogP contribution in [0.2, 0.25) is 0 Å². The number of methoxy groups -OCH3 is 1. The molecular weight excluding hydrogens is 458 g/mol. The second-order valence-corrected chi connectivity index (χ2v) is 7.45. The van der Waals surface area contributed by atoms with Crippen LogP contribution in [-0.2, 0) is 0 Å². The van der Waals surface area contributed by atoms with Crippen LogP contribution in [0.25, 0.3) is 11.4 Å². The third kappa shape index (κ3) is 5.26. The fraction of sp³-hybridized carbons (Fsp3) is 0.0417. The quantitative estimate of drug-likeness (QED) is 0.372. The molecule has 0 aliphatic heterocycles. The maximum absolute atomic E-state index is 12.5. The van der Waals surface area contributed by atoms with Crippen LogP contribution in [0, 0.1) is 0 Å². The molecule has 0 fully saturated rings. The molecule has 0 saturated carbocycles. The first-order chi connectivity index (χ1) is 15.1. The number of benzene rings is 3. The molecule has 0 bridgehead atoms. The fourth-order valence-corrected chi connectivity index (χ4v) is 3.07. The maximum Gasteiger partial charge on any atom is 0.255 e. The lowest BCUT2D eigenvalue weighted by Crippen LogP contribution is -2.11.